The van der Waals surface area contributed by atoms with Gasteiger partial charge in [0, 0.05) is 12.6 Å². The van der Waals surface area contributed by atoms with Crippen molar-refractivity contribution < 1.29 is 23.5 Å². The van der Waals surface area contributed by atoms with Crippen LogP contribution < -0.4 is 14.8 Å². The quantitative estimate of drug-likeness (QED) is 0.497. The molecule has 1 heterocycles. The molecule has 34 heavy (non-hydrogen) atoms. The molecule has 1 aliphatic rings. The van der Waals surface area contributed by atoms with E-state index in [0.29, 0.717) is 17.1 Å². The van der Waals surface area contributed by atoms with Crippen molar-refractivity contribution in [2.45, 2.75) is 44.3 Å². The molecule has 1 N–H and O–H groups in total. The minimum atomic E-state index is -0.852. The molecular formula is C27H30N2O5. The minimum absolute atomic E-state index is 0.116. The number of hydrogen-bond acceptors (Lipinski definition) is 5. The number of methoxy groups -OCH3 is 2. The zero-order valence-electron chi connectivity index (χ0n) is 19.5. The van der Waals surface area contributed by atoms with Gasteiger partial charge in [0.25, 0.3) is 5.91 Å². The fourth-order valence-corrected chi connectivity index (χ4v) is 4.40. The molecule has 4 rings (SSSR count). The third kappa shape index (κ3) is 5.42. The minimum Gasteiger partial charge on any atom is -0.497 e. The van der Waals surface area contributed by atoms with Crippen LogP contribution in [0, 0.1) is 0 Å². The number of rotatable bonds is 9. The molecule has 1 fully saturated rings. The van der Waals surface area contributed by atoms with Gasteiger partial charge in [-0.15, -0.1) is 0 Å². The molecule has 0 aliphatic heterocycles. The molecule has 0 saturated heterocycles. The lowest BCUT2D eigenvalue weighted by molar-refractivity contribution is -0.126. The smallest absolute Gasteiger partial charge is 0.290 e. The maximum absolute atomic E-state index is 13.7. The fraction of sp³-hybridized carbons (Fsp3) is 0.333. The average Bonchev–Trinajstić information content (AvgIpc) is 3.58. The van der Waals surface area contributed by atoms with Gasteiger partial charge in [0.2, 0.25) is 5.91 Å². The molecule has 7 heteroatoms. The van der Waals surface area contributed by atoms with Gasteiger partial charge in [-0.2, -0.15) is 0 Å². The van der Waals surface area contributed by atoms with Crippen LogP contribution in [-0.2, 0) is 11.3 Å². The van der Waals surface area contributed by atoms with E-state index in [0.717, 1.165) is 31.2 Å². The average molecular weight is 463 g/mol. The van der Waals surface area contributed by atoms with Crippen LogP contribution in [0.3, 0.4) is 0 Å². The normalized spacial score (nSPS) is 14.4. The zero-order valence-corrected chi connectivity index (χ0v) is 19.5. The van der Waals surface area contributed by atoms with E-state index in [4.69, 9.17) is 13.9 Å². The maximum atomic E-state index is 13.7. The van der Waals surface area contributed by atoms with Gasteiger partial charge in [0.15, 0.2) is 5.76 Å². The number of nitrogens with zero attached hydrogens (tertiary/aromatic N) is 1. The van der Waals surface area contributed by atoms with Gasteiger partial charge in [0.1, 0.15) is 17.5 Å². The molecule has 1 atom stereocenters. The number of nitrogens with one attached hydrogen (secondary N) is 1. The Labute approximate surface area is 199 Å². The molecule has 3 aromatic rings. The van der Waals surface area contributed by atoms with Crippen LogP contribution in [0.25, 0.3) is 0 Å². The Morgan fingerprint density at radius 2 is 1.74 bits per heavy atom. The standard InChI is InChI=1S/C27H30N2O5/c1-32-22-14-12-20(13-15-22)25(26(30)28-21-8-3-4-9-21)29(27(31)24-11-6-16-34-24)18-19-7-5-10-23(17-19)33-2/h5-7,10-17,21,25H,3-4,8-9,18H2,1-2H3,(H,28,30)/t25-/m0/s1. The van der Waals surface area contributed by atoms with E-state index in [1.54, 1.807) is 43.4 Å². The van der Waals surface area contributed by atoms with Crippen LogP contribution in [0.15, 0.2) is 71.3 Å². The summed E-state index contributed by atoms with van der Waals surface area (Å²) < 4.78 is 16.1. The molecular weight excluding hydrogens is 432 g/mol. The second kappa shape index (κ2) is 10.9. The monoisotopic (exact) mass is 462 g/mol. The molecule has 1 saturated carbocycles. The Morgan fingerprint density at radius 1 is 1.00 bits per heavy atom. The SMILES string of the molecule is COc1ccc([C@@H](C(=O)NC2CCCC2)N(Cc2cccc(OC)c2)C(=O)c2ccco2)cc1. The summed E-state index contributed by atoms with van der Waals surface area (Å²) in [7, 11) is 3.19. The van der Waals surface area contributed by atoms with Crippen LogP contribution in [-0.4, -0.2) is 37.0 Å². The van der Waals surface area contributed by atoms with Crippen LogP contribution in [0.2, 0.25) is 0 Å². The predicted molar refractivity (Wildman–Crippen MR) is 128 cm³/mol. The van der Waals surface area contributed by atoms with Crippen molar-refractivity contribution in [2.75, 3.05) is 14.2 Å². The molecule has 1 aliphatic carbocycles. The van der Waals surface area contributed by atoms with Crippen molar-refractivity contribution in [2.24, 2.45) is 0 Å². The van der Waals surface area contributed by atoms with E-state index in [1.807, 2.05) is 36.4 Å². The molecule has 0 spiro atoms. The van der Waals surface area contributed by atoms with Crippen molar-refractivity contribution in [3.63, 3.8) is 0 Å². The van der Waals surface area contributed by atoms with Crippen LogP contribution in [0.1, 0.15) is 53.4 Å². The van der Waals surface area contributed by atoms with E-state index in [2.05, 4.69) is 5.32 Å². The van der Waals surface area contributed by atoms with Crippen LogP contribution in [0.5, 0.6) is 11.5 Å². The third-order valence-electron chi connectivity index (χ3n) is 6.17. The Bertz CT molecular complexity index is 1090. The van der Waals surface area contributed by atoms with Gasteiger partial charge < -0.3 is 24.1 Å². The lowest BCUT2D eigenvalue weighted by Crippen LogP contribution is -2.45. The number of carbonyl (C=O) groups excluding carboxylic acids is 2. The number of carbonyl (C=O) groups is 2. The summed E-state index contributed by atoms with van der Waals surface area (Å²) in [5.41, 5.74) is 1.53. The Balaban J connectivity index is 1.74. The van der Waals surface area contributed by atoms with Crippen molar-refractivity contribution in [3.05, 3.63) is 83.8 Å². The summed E-state index contributed by atoms with van der Waals surface area (Å²) in [6.07, 6.45) is 5.54. The van der Waals surface area contributed by atoms with Gasteiger partial charge >= 0.3 is 0 Å². The van der Waals surface area contributed by atoms with Crippen LogP contribution >= 0.6 is 0 Å². The number of amides is 2. The number of ether oxygens (including phenoxy) is 2. The largest absolute Gasteiger partial charge is 0.497 e. The fourth-order valence-electron chi connectivity index (χ4n) is 4.40. The summed E-state index contributed by atoms with van der Waals surface area (Å²) >= 11 is 0. The lowest BCUT2D eigenvalue weighted by Gasteiger charge is -2.32. The second-order valence-corrected chi connectivity index (χ2v) is 8.43. The predicted octanol–water partition coefficient (Wildman–Crippen LogP) is 4.74. The summed E-state index contributed by atoms with van der Waals surface area (Å²) in [4.78, 5) is 28.9. The summed E-state index contributed by atoms with van der Waals surface area (Å²) in [6, 6.07) is 17.3. The van der Waals surface area contributed by atoms with Crippen molar-refractivity contribution in [3.8, 4) is 11.5 Å². The molecule has 2 aromatic carbocycles. The molecule has 1 aromatic heterocycles. The van der Waals surface area contributed by atoms with E-state index in [-0.39, 0.29) is 30.2 Å². The van der Waals surface area contributed by atoms with Gasteiger partial charge in [0.05, 0.1) is 20.5 Å². The maximum Gasteiger partial charge on any atom is 0.290 e. The van der Waals surface area contributed by atoms with E-state index >= 15 is 0 Å². The Kier molecular flexibility index (Phi) is 7.52. The molecule has 0 unspecified atom stereocenters. The number of benzene rings is 2. The van der Waals surface area contributed by atoms with Gasteiger partial charge in [-0.05, 0) is 60.4 Å². The van der Waals surface area contributed by atoms with Crippen LogP contribution in [0.4, 0.5) is 0 Å². The van der Waals surface area contributed by atoms with Gasteiger partial charge in [-0.3, -0.25) is 9.59 Å². The molecule has 178 valence electrons. The van der Waals surface area contributed by atoms with Gasteiger partial charge in [-0.1, -0.05) is 37.1 Å². The first kappa shape index (κ1) is 23.4. The topological polar surface area (TPSA) is 81.0 Å². The first-order valence-electron chi connectivity index (χ1n) is 11.5. The van der Waals surface area contributed by atoms with Crippen molar-refractivity contribution >= 4 is 11.8 Å². The highest BCUT2D eigenvalue weighted by atomic mass is 16.5. The summed E-state index contributed by atoms with van der Waals surface area (Å²) in [5, 5.41) is 3.18. The van der Waals surface area contributed by atoms with E-state index in [1.165, 1.54) is 6.26 Å². The zero-order chi connectivity index (χ0) is 23.9. The number of hydrogen-bond donors (Lipinski definition) is 1. The van der Waals surface area contributed by atoms with E-state index < -0.39 is 6.04 Å². The highest BCUT2D eigenvalue weighted by Gasteiger charge is 2.34. The highest BCUT2D eigenvalue weighted by molar-refractivity contribution is 5.96. The number of furan rings is 1. The lowest BCUT2D eigenvalue weighted by atomic mass is 10.0. The molecule has 2 amide bonds. The summed E-state index contributed by atoms with van der Waals surface area (Å²) in [5.74, 6) is 0.958. The molecule has 0 radical (unpaired) electrons. The highest BCUT2D eigenvalue weighted by Crippen LogP contribution is 2.29. The van der Waals surface area contributed by atoms with Crippen molar-refractivity contribution in [1.82, 2.24) is 10.2 Å². The summed E-state index contributed by atoms with van der Waals surface area (Å²) in [6.45, 7) is 0.200. The Hall–Kier alpha value is -3.74. The molecule has 7 nitrogen and oxygen atoms in total. The Morgan fingerprint density at radius 3 is 2.38 bits per heavy atom. The van der Waals surface area contributed by atoms with Gasteiger partial charge in [-0.25, -0.2) is 0 Å². The van der Waals surface area contributed by atoms with E-state index in [9.17, 15) is 9.59 Å². The first-order valence-corrected chi connectivity index (χ1v) is 11.5. The third-order valence-corrected chi connectivity index (χ3v) is 6.17. The molecule has 0 bridgehead atoms. The van der Waals surface area contributed by atoms with Crippen molar-refractivity contribution in [1.29, 1.82) is 0 Å². The first-order chi connectivity index (χ1) is 16.6. The second-order valence-electron chi connectivity index (χ2n) is 8.43.